The molecule has 1 N–H and O–H groups in total. The van der Waals surface area contributed by atoms with Crippen molar-refractivity contribution in [3.63, 3.8) is 0 Å². The van der Waals surface area contributed by atoms with Crippen molar-refractivity contribution in [2.45, 2.75) is 26.5 Å². The molecule has 0 amide bonds. The van der Waals surface area contributed by atoms with Crippen LogP contribution in [0, 0.1) is 0 Å². The van der Waals surface area contributed by atoms with E-state index in [0.717, 1.165) is 22.7 Å². The molecule has 2 aromatic carbocycles. The molecule has 5 nitrogen and oxygen atoms in total. The molecular formula is C18H20ClNO4. The maximum absolute atomic E-state index is 6.38. The number of rotatable bonds is 6. The molecule has 1 heterocycles. The molecule has 0 unspecified atom stereocenters. The van der Waals surface area contributed by atoms with E-state index in [9.17, 15) is 0 Å². The normalized spacial score (nSPS) is 12.4. The summed E-state index contributed by atoms with van der Waals surface area (Å²) in [4.78, 5) is 0. The number of ether oxygens (including phenoxy) is 4. The first-order valence-electron chi connectivity index (χ1n) is 7.73. The number of hydrogen-bond acceptors (Lipinski definition) is 5. The van der Waals surface area contributed by atoms with E-state index in [1.807, 2.05) is 38.1 Å². The standard InChI is InChI=1S/C18H20ClNO4/c1-11(2)24-18-8-14(19)12(6-16(18)21-3)9-20-13-4-5-15-17(7-13)23-10-22-15/h4-8,11,20H,9-10H2,1-3H3. The van der Waals surface area contributed by atoms with Crippen LogP contribution in [0.25, 0.3) is 0 Å². The summed E-state index contributed by atoms with van der Waals surface area (Å²) >= 11 is 6.38. The van der Waals surface area contributed by atoms with Crippen LogP contribution < -0.4 is 24.3 Å². The zero-order valence-electron chi connectivity index (χ0n) is 13.9. The Bertz CT molecular complexity index is 733. The monoisotopic (exact) mass is 349 g/mol. The van der Waals surface area contributed by atoms with Crippen LogP contribution in [0.4, 0.5) is 5.69 Å². The number of halogens is 1. The summed E-state index contributed by atoms with van der Waals surface area (Å²) < 4.78 is 21.8. The Morgan fingerprint density at radius 1 is 1.12 bits per heavy atom. The summed E-state index contributed by atoms with van der Waals surface area (Å²) in [5.41, 5.74) is 1.85. The van der Waals surface area contributed by atoms with Crippen LogP contribution >= 0.6 is 11.6 Å². The van der Waals surface area contributed by atoms with E-state index in [0.29, 0.717) is 23.1 Å². The Hall–Kier alpha value is -2.27. The van der Waals surface area contributed by atoms with Gasteiger partial charge in [-0.2, -0.15) is 0 Å². The number of methoxy groups -OCH3 is 1. The highest BCUT2D eigenvalue weighted by molar-refractivity contribution is 6.31. The highest BCUT2D eigenvalue weighted by Crippen LogP contribution is 2.36. The molecule has 6 heteroatoms. The number of fused-ring (bicyclic) bond motifs is 1. The zero-order chi connectivity index (χ0) is 17.1. The molecule has 0 fully saturated rings. The lowest BCUT2D eigenvalue weighted by Crippen LogP contribution is -2.08. The van der Waals surface area contributed by atoms with Crippen LogP contribution in [-0.2, 0) is 6.54 Å². The van der Waals surface area contributed by atoms with E-state index < -0.39 is 0 Å². The second-order valence-electron chi connectivity index (χ2n) is 5.68. The Balaban J connectivity index is 1.75. The quantitative estimate of drug-likeness (QED) is 0.833. The van der Waals surface area contributed by atoms with Gasteiger partial charge in [-0.25, -0.2) is 0 Å². The van der Waals surface area contributed by atoms with Gasteiger partial charge in [0.25, 0.3) is 0 Å². The Morgan fingerprint density at radius 3 is 2.67 bits per heavy atom. The van der Waals surface area contributed by atoms with Crippen molar-refractivity contribution in [1.29, 1.82) is 0 Å². The topological polar surface area (TPSA) is 49.0 Å². The number of nitrogens with one attached hydrogen (secondary N) is 1. The van der Waals surface area contributed by atoms with Gasteiger partial charge in [0.05, 0.1) is 13.2 Å². The molecule has 0 saturated carbocycles. The molecule has 1 aliphatic heterocycles. The largest absolute Gasteiger partial charge is 0.493 e. The van der Waals surface area contributed by atoms with Gasteiger partial charge in [-0.15, -0.1) is 0 Å². The number of benzene rings is 2. The third-order valence-electron chi connectivity index (χ3n) is 3.55. The fraction of sp³-hybridized carbons (Fsp3) is 0.333. The molecule has 1 aliphatic rings. The first-order valence-corrected chi connectivity index (χ1v) is 8.11. The lowest BCUT2D eigenvalue weighted by atomic mass is 10.2. The first kappa shape index (κ1) is 16.6. The summed E-state index contributed by atoms with van der Waals surface area (Å²) in [6, 6.07) is 9.40. The lowest BCUT2D eigenvalue weighted by Gasteiger charge is -2.16. The Kier molecular flexibility index (Phi) is 4.90. The highest BCUT2D eigenvalue weighted by Gasteiger charge is 2.14. The van der Waals surface area contributed by atoms with Crippen LogP contribution in [-0.4, -0.2) is 20.0 Å². The fourth-order valence-corrected chi connectivity index (χ4v) is 2.64. The molecule has 24 heavy (non-hydrogen) atoms. The minimum absolute atomic E-state index is 0.0487. The van der Waals surface area contributed by atoms with Gasteiger partial charge >= 0.3 is 0 Å². The highest BCUT2D eigenvalue weighted by atomic mass is 35.5. The molecule has 0 aliphatic carbocycles. The van der Waals surface area contributed by atoms with Crippen molar-refractivity contribution in [2.75, 3.05) is 19.2 Å². The van der Waals surface area contributed by atoms with E-state index in [1.165, 1.54) is 0 Å². The van der Waals surface area contributed by atoms with Gasteiger partial charge in [0.15, 0.2) is 23.0 Å². The smallest absolute Gasteiger partial charge is 0.231 e. The maximum Gasteiger partial charge on any atom is 0.231 e. The van der Waals surface area contributed by atoms with Gasteiger partial charge < -0.3 is 24.3 Å². The van der Waals surface area contributed by atoms with Gasteiger partial charge in [0.1, 0.15) is 0 Å². The fourth-order valence-electron chi connectivity index (χ4n) is 2.42. The molecule has 0 saturated heterocycles. The maximum atomic E-state index is 6.38. The molecule has 2 aromatic rings. The summed E-state index contributed by atoms with van der Waals surface area (Å²) in [6.07, 6.45) is 0.0487. The average Bonchev–Trinajstić information content (AvgIpc) is 3.01. The van der Waals surface area contributed by atoms with Crippen molar-refractivity contribution in [1.82, 2.24) is 0 Å². The molecule has 128 valence electrons. The van der Waals surface area contributed by atoms with Crippen LogP contribution in [0.1, 0.15) is 19.4 Å². The van der Waals surface area contributed by atoms with E-state index in [-0.39, 0.29) is 12.9 Å². The van der Waals surface area contributed by atoms with E-state index in [2.05, 4.69) is 5.32 Å². The predicted octanol–water partition coefficient (Wildman–Crippen LogP) is 4.48. The summed E-state index contributed by atoms with van der Waals surface area (Å²) in [7, 11) is 1.62. The zero-order valence-corrected chi connectivity index (χ0v) is 14.6. The lowest BCUT2D eigenvalue weighted by molar-refractivity contribution is 0.174. The Labute approximate surface area is 146 Å². The minimum atomic E-state index is 0.0487. The van der Waals surface area contributed by atoms with Crippen LogP contribution in [0.2, 0.25) is 5.02 Å². The molecule has 3 rings (SSSR count). The number of anilines is 1. The molecule has 0 radical (unpaired) electrons. The van der Waals surface area contributed by atoms with E-state index >= 15 is 0 Å². The van der Waals surface area contributed by atoms with Crippen LogP contribution in [0.5, 0.6) is 23.0 Å². The van der Waals surface area contributed by atoms with E-state index in [1.54, 1.807) is 13.2 Å². The third kappa shape index (κ3) is 3.62. The van der Waals surface area contributed by atoms with Crippen LogP contribution in [0.15, 0.2) is 30.3 Å². The average molecular weight is 350 g/mol. The minimum Gasteiger partial charge on any atom is -0.493 e. The third-order valence-corrected chi connectivity index (χ3v) is 3.90. The van der Waals surface area contributed by atoms with Crippen molar-refractivity contribution < 1.29 is 18.9 Å². The molecular weight excluding hydrogens is 330 g/mol. The van der Waals surface area contributed by atoms with Crippen LogP contribution in [0.3, 0.4) is 0 Å². The predicted molar refractivity (Wildman–Crippen MR) is 93.7 cm³/mol. The molecule has 0 spiro atoms. The number of hydrogen-bond donors (Lipinski definition) is 1. The molecule has 0 atom stereocenters. The summed E-state index contributed by atoms with van der Waals surface area (Å²) in [5.74, 6) is 2.81. The van der Waals surface area contributed by atoms with Crippen molar-refractivity contribution in [3.05, 3.63) is 40.9 Å². The second kappa shape index (κ2) is 7.09. The first-order chi connectivity index (χ1) is 11.6. The van der Waals surface area contributed by atoms with Gasteiger partial charge in [-0.1, -0.05) is 11.6 Å². The van der Waals surface area contributed by atoms with Gasteiger partial charge in [-0.3, -0.25) is 0 Å². The second-order valence-corrected chi connectivity index (χ2v) is 6.09. The molecule has 0 aromatic heterocycles. The van der Waals surface area contributed by atoms with Crippen molar-refractivity contribution in [3.8, 4) is 23.0 Å². The summed E-state index contributed by atoms with van der Waals surface area (Å²) in [6.45, 7) is 4.74. The van der Waals surface area contributed by atoms with Crippen molar-refractivity contribution >= 4 is 17.3 Å². The SMILES string of the molecule is COc1cc(CNc2ccc3c(c2)OCO3)c(Cl)cc1OC(C)C. The van der Waals surface area contributed by atoms with Crippen molar-refractivity contribution in [2.24, 2.45) is 0 Å². The van der Waals surface area contributed by atoms with Gasteiger partial charge in [-0.05, 0) is 37.6 Å². The van der Waals surface area contributed by atoms with Gasteiger partial charge in [0, 0.05) is 29.4 Å². The Morgan fingerprint density at radius 2 is 1.92 bits per heavy atom. The van der Waals surface area contributed by atoms with E-state index in [4.69, 9.17) is 30.5 Å². The molecule has 0 bridgehead atoms. The summed E-state index contributed by atoms with van der Waals surface area (Å²) in [5, 5.41) is 3.95. The van der Waals surface area contributed by atoms with Gasteiger partial charge in [0.2, 0.25) is 6.79 Å².